The predicted molar refractivity (Wildman–Crippen MR) is 130 cm³/mol. The van der Waals surface area contributed by atoms with Gasteiger partial charge in [-0.15, -0.1) is 0 Å². The number of benzene rings is 2. The second-order valence-electron chi connectivity index (χ2n) is 8.07. The van der Waals surface area contributed by atoms with Gasteiger partial charge in [0.1, 0.15) is 11.5 Å². The largest absolute Gasteiger partial charge is 0.507 e. The maximum absolute atomic E-state index is 13.1. The number of hydrogen-bond acceptors (Lipinski definition) is 5. The number of likely N-dealkylation sites (tertiary alicyclic amines) is 1. The molecule has 1 unspecified atom stereocenters. The third-order valence-corrected chi connectivity index (χ3v) is 5.95. The highest BCUT2D eigenvalue weighted by Gasteiger charge is 2.45. The van der Waals surface area contributed by atoms with Gasteiger partial charge in [0, 0.05) is 36.1 Å². The highest BCUT2D eigenvalue weighted by atomic mass is 35.5. The second-order valence-corrected chi connectivity index (χ2v) is 8.51. The minimum atomic E-state index is -0.712. The van der Waals surface area contributed by atoms with Crippen molar-refractivity contribution in [3.63, 3.8) is 0 Å². The molecule has 0 spiro atoms. The van der Waals surface area contributed by atoms with E-state index in [2.05, 4.69) is 4.98 Å². The lowest BCUT2D eigenvalue weighted by atomic mass is 9.95. The Morgan fingerprint density at radius 2 is 1.82 bits per heavy atom. The number of ketones is 1. The molecule has 176 valence electrons. The number of ether oxygens (including phenoxy) is 1. The van der Waals surface area contributed by atoms with E-state index in [-0.39, 0.29) is 11.3 Å². The average molecular weight is 480 g/mol. The van der Waals surface area contributed by atoms with Crippen molar-refractivity contribution >= 4 is 29.1 Å². The molecule has 2 heterocycles. The number of aliphatic hydroxyl groups excluding tert-OH is 1. The molecule has 1 saturated heterocycles. The van der Waals surface area contributed by atoms with E-state index in [9.17, 15) is 14.7 Å². The molecule has 7 nitrogen and oxygen atoms in total. The summed E-state index contributed by atoms with van der Waals surface area (Å²) in [6.07, 6.45) is 6.75. The Morgan fingerprint density at radius 3 is 2.47 bits per heavy atom. The summed E-state index contributed by atoms with van der Waals surface area (Å²) in [6, 6.07) is 13.1. The SMILES string of the molecule is CCCOc1ccc(C(O)=C2C(=O)C(=O)N(CCCn3ccnc3)C2c2ccc(Cl)cc2)cc1. The summed E-state index contributed by atoms with van der Waals surface area (Å²) in [5.41, 5.74) is 1.21. The highest BCUT2D eigenvalue weighted by Crippen LogP contribution is 2.40. The summed E-state index contributed by atoms with van der Waals surface area (Å²) in [5.74, 6) is -0.869. The molecule has 4 rings (SSSR count). The Bertz CT molecular complexity index is 1170. The van der Waals surface area contributed by atoms with E-state index in [1.807, 2.05) is 17.7 Å². The van der Waals surface area contributed by atoms with Gasteiger partial charge in [-0.1, -0.05) is 30.7 Å². The van der Waals surface area contributed by atoms with Gasteiger partial charge in [-0.25, -0.2) is 4.98 Å². The van der Waals surface area contributed by atoms with Gasteiger partial charge in [0.15, 0.2) is 0 Å². The van der Waals surface area contributed by atoms with Gasteiger partial charge in [0.2, 0.25) is 0 Å². The van der Waals surface area contributed by atoms with E-state index < -0.39 is 17.7 Å². The molecule has 1 N–H and O–H groups in total. The zero-order valence-corrected chi connectivity index (χ0v) is 19.6. The molecule has 1 atom stereocenters. The predicted octanol–water partition coefficient (Wildman–Crippen LogP) is 4.84. The van der Waals surface area contributed by atoms with Crippen LogP contribution in [0.15, 0.2) is 72.8 Å². The molecular formula is C26H26ClN3O4. The maximum Gasteiger partial charge on any atom is 0.295 e. The van der Waals surface area contributed by atoms with Crippen LogP contribution < -0.4 is 4.74 Å². The van der Waals surface area contributed by atoms with Crippen LogP contribution in [0.2, 0.25) is 5.02 Å². The van der Waals surface area contributed by atoms with Gasteiger partial charge in [-0.3, -0.25) is 9.59 Å². The average Bonchev–Trinajstić information content (AvgIpc) is 3.45. The zero-order chi connectivity index (χ0) is 24.1. The summed E-state index contributed by atoms with van der Waals surface area (Å²) in [6.45, 7) is 3.60. The first-order valence-corrected chi connectivity index (χ1v) is 11.6. The number of aliphatic hydroxyl groups is 1. The molecule has 1 aromatic heterocycles. The fraction of sp³-hybridized carbons (Fsp3) is 0.269. The monoisotopic (exact) mass is 479 g/mol. The van der Waals surface area contributed by atoms with Gasteiger partial charge in [0.05, 0.1) is 24.5 Å². The molecule has 0 saturated carbocycles. The molecule has 0 bridgehead atoms. The van der Waals surface area contributed by atoms with Crippen LogP contribution in [0.25, 0.3) is 5.76 Å². The molecular weight excluding hydrogens is 454 g/mol. The standard InChI is InChI=1S/C26H26ClN3O4/c1-2-16-34-21-10-6-19(7-11-21)24(31)22-23(18-4-8-20(27)9-5-18)30(26(33)25(22)32)14-3-13-29-15-12-28-17-29/h4-12,15,17,23,31H,2-3,13-14,16H2,1H3. The van der Waals surface area contributed by atoms with Crippen molar-refractivity contribution < 1.29 is 19.4 Å². The van der Waals surface area contributed by atoms with E-state index in [0.29, 0.717) is 48.0 Å². The normalized spacial score (nSPS) is 17.4. The van der Waals surface area contributed by atoms with Gasteiger partial charge in [-0.2, -0.15) is 0 Å². The number of Topliss-reactive ketones (excluding diaryl/α,β-unsaturated/α-hetero) is 1. The van der Waals surface area contributed by atoms with Crippen molar-refractivity contribution in [3.8, 4) is 5.75 Å². The third kappa shape index (κ3) is 4.99. The smallest absolute Gasteiger partial charge is 0.295 e. The highest BCUT2D eigenvalue weighted by molar-refractivity contribution is 6.46. The molecule has 1 aliphatic heterocycles. The number of imidazole rings is 1. The van der Waals surface area contributed by atoms with Crippen LogP contribution in [0.1, 0.15) is 36.9 Å². The van der Waals surface area contributed by atoms with E-state index >= 15 is 0 Å². The lowest BCUT2D eigenvalue weighted by molar-refractivity contribution is -0.139. The number of nitrogens with zero attached hydrogens (tertiary/aromatic N) is 3. The second kappa shape index (κ2) is 10.6. The summed E-state index contributed by atoms with van der Waals surface area (Å²) < 4.78 is 7.51. The minimum absolute atomic E-state index is 0.0668. The van der Waals surface area contributed by atoms with Crippen LogP contribution in [0.3, 0.4) is 0 Å². The van der Waals surface area contributed by atoms with Crippen molar-refractivity contribution in [1.29, 1.82) is 0 Å². The maximum atomic E-state index is 13.1. The Hall–Kier alpha value is -3.58. The summed E-state index contributed by atoms with van der Waals surface area (Å²) >= 11 is 6.07. The lowest BCUT2D eigenvalue weighted by Crippen LogP contribution is -2.31. The van der Waals surface area contributed by atoms with E-state index in [1.165, 1.54) is 4.90 Å². The molecule has 1 aliphatic rings. The van der Waals surface area contributed by atoms with Crippen LogP contribution in [-0.2, 0) is 16.1 Å². The van der Waals surface area contributed by atoms with E-state index in [0.717, 1.165) is 6.42 Å². The summed E-state index contributed by atoms with van der Waals surface area (Å²) in [5, 5.41) is 11.7. The van der Waals surface area contributed by atoms with Crippen LogP contribution in [0, 0.1) is 0 Å². The molecule has 0 radical (unpaired) electrons. The number of hydrogen-bond donors (Lipinski definition) is 1. The van der Waals surface area contributed by atoms with Crippen molar-refractivity contribution in [2.75, 3.05) is 13.2 Å². The Kier molecular flexibility index (Phi) is 7.33. The first kappa shape index (κ1) is 23.6. The molecule has 1 amide bonds. The Labute approximate surface area is 203 Å². The fourth-order valence-corrected chi connectivity index (χ4v) is 4.16. The van der Waals surface area contributed by atoms with E-state index in [4.69, 9.17) is 16.3 Å². The zero-order valence-electron chi connectivity index (χ0n) is 18.9. The number of halogens is 1. The summed E-state index contributed by atoms with van der Waals surface area (Å²) in [4.78, 5) is 31.7. The van der Waals surface area contributed by atoms with Gasteiger partial charge >= 0.3 is 0 Å². The topological polar surface area (TPSA) is 84.7 Å². The Morgan fingerprint density at radius 1 is 1.09 bits per heavy atom. The first-order valence-electron chi connectivity index (χ1n) is 11.2. The van der Waals surface area contributed by atoms with E-state index in [1.54, 1.807) is 61.1 Å². The molecule has 3 aromatic rings. The Balaban J connectivity index is 1.67. The van der Waals surface area contributed by atoms with Crippen molar-refractivity contribution in [1.82, 2.24) is 14.5 Å². The molecule has 0 aliphatic carbocycles. The minimum Gasteiger partial charge on any atom is -0.507 e. The molecule has 1 fully saturated rings. The summed E-state index contributed by atoms with van der Waals surface area (Å²) in [7, 11) is 0. The fourth-order valence-electron chi connectivity index (χ4n) is 4.03. The van der Waals surface area contributed by atoms with Gasteiger partial charge in [-0.05, 0) is 54.8 Å². The third-order valence-electron chi connectivity index (χ3n) is 5.70. The lowest BCUT2D eigenvalue weighted by Gasteiger charge is -2.25. The van der Waals surface area contributed by atoms with Crippen LogP contribution in [0.5, 0.6) is 5.75 Å². The van der Waals surface area contributed by atoms with Crippen molar-refractivity contribution in [3.05, 3.63) is 89.0 Å². The van der Waals surface area contributed by atoms with Gasteiger partial charge < -0.3 is 19.3 Å². The molecule has 8 heteroatoms. The number of aryl methyl sites for hydroxylation is 1. The number of aromatic nitrogens is 2. The number of amides is 1. The van der Waals surface area contributed by atoms with Crippen molar-refractivity contribution in [2.24, 2.45) is 0 Å². The number of carbonyl (C=O) groups is 2. The van der Waals surface area contributed by atoms with Crippen LogP contribution in [0.4, 0.5) is 0 Å². The van der Waals surface area contributed by atoms with Crippen LogP contribution >= 0.6 is 11.6 Å². The molecule has 34 heavy (non-hydrogen) atoms. The quantitative estimate of drug-likeness (QED) is 0.270. The van der Waals surface area contributed by atoms with Crippen LogP contribution in [-0.4, -0.2) is 44.4 Å². The molecule has 2 aromatic carbocycles. The number of carbonyl (C=O) groups excluding carboxylic acids is 2. The van der Waals surface area contributed by atoms with Crippen molar-refractivity contribution in [2.45, 2.75) is 32.4 Å². The number of rotatable bonds is 9. The first-order chi connectivity index (χ1) is 16.5. The van der Waals surface area contributed by atoms with Gasteiger partial charge in [0.25, 0.3) is 11.7 Å².